The van der Waals surface area contributed by atoms with Crippen LogP contribution in [0.5, 0.6) is 5.75 Å². The maximum Gasteiger partial charge on any atom is 0.298 e. The van der Waals surface area contributed by atoms with Gasteiger partial charge in [-0.3, -0.25) is 4.79 Å². The summed E-state index contributed by atoms with van der Waals surface area (Å²) in [6, 6.07) is 7.03. The highest BCUT2D eigenvalue weighted by molar-refractivity contribution is 7.80. The molecule has 0 atom stereocenters. The molecule has 1 aromatic carbocycles. The van der Waals surface area contributed by atoms with E-state index in [2.05, 4.69) is 17.4 Å². The van der Waals surface area contributed by atoms with Crippen LogP contribution in [0.3, 0.4) is 0 Å². The summed E-state index contributed by atoms with van der Waals surface area (Å²) in [6.45, 7) is 4.38. The first-order valence-corrected chi connectivity index (χ1v) is 4.17. The van der Waals surface area contributed by atoms with Gasteiger partial charge in [0.2, 0.25) is 0 Å². The Morgan fingerprint density at radius 1 is 1.33 bits per heavy atom. The molecule has 0 aliphatic carbocycles. The molecule has 0 fully saturated rings. The van der Waals surface area contributed by atoms with Gasteiger partial charge in [-0.1, -0.05) is 26.0 Å². The number of carbonyl (C=O) groups excluding carboxylic acids is 1. The van der Waals surface area contributed by atoms with E-state index in [0.29, 0.717) is 17.1 Å². The summed E-state index contributed by atoms with van der Waals surface area (Å²) < 4.78 is 4.58. The van der Waals surface area contributed by atoms with Crippen LogP contribution in [0, 0.1) is 0 Å². The van der Waals surface area contributed by atoms with Crippen molar-refractivity contribution in [1.82, 2.24) is 0 Å². The molecule has 0 N–H and O–H groups in total. The lowest BCUT2D eigenvalue weighted by Gasteiger charge is -1.98. The zero-order chi connectivity index (χ0) is 9.40. The summed E-state index contributed by atoms with van der Waals surface area (Å²) in [5.41, 5.74) is 0. The Kier molecular flexibility index (Phi) is 6.19. The highest BCUT2D eigenvalue weighted by atomic mass is 32.1. The van der Waals surface area contributed by atoms with E-state index in [4.69, 9.17) is 0 Å². The SMILES string of the molecule is CC.O=COc1ccccc1S. The Hall–Kier alpha value is -0.960. The number of hydrogen-bond donors (Lipinski definition) is 1. The van der Waals surface area contributed by atoms with Crippen LogP contribution in [0.1, 0.15) is 13.8 Å². The second kappa shape index (κ2) is 6.73. The van der Waals surface area contributed by atoms with E-state index in [9.17, 15) is 4.79 Å². The fourth-order valence-corrected chi connectivity index (χ4v) is 0.822. The lowest BCUT2D eigenvalue weighted by molar-refractivity contribution is -0.120. The van der Waals surface area contributed by atoms with Crippen molar-refractivity contribution in [3.63, 3.8) is 0 Å². The molecule has 12 heavy (non-hydrogen) atoms. The minimum Gasteiger partial charge on any atom is -0.428 e. The van der Waals surface area contributed by atoms with Crippen LogP contribution in [0.15, 0.2) is 29.2 Å². The smallest absolute Gasteiger partial charge is 0.298 e. The predicted molar refractivity (Wildman–Crippen MR) is 51.7 cm³/mol. The van der Waals surface area contributed by atoms with E-state index in [-0.39, 0.29) is 0 Å². The van der Waals surface area contributed by atoms with Crippen molar-refractivity contribution in [3.8, 4) is 5.75 Å². The Morgan fingerprint density at radius 3 is 2.42 bits per heavy atom. The fraction of sp³-hybridized carbons (Fsp3) is 0.222. The van der Waals surface area contributed by atoms with Crippen molar-refractivity contribution in [3.05, 3.63) is 24.3 Å². The summed E-state index contributed by atoms with van der Waals surface area (Å²) in [6.07, 6.45) is 0. The standard InChI is InChI=1S/C7H6O2S.C2H6/c8-5-9-6-3-1-2-4-7(6)10;1-2/h1-5,10H;1-2H3. The summed E-state index contributed by atoms with van der Waals surface area (Å²) >= 11 is 4.05. The van der Waals surface area contributed by atoms with E-state index < -0.39 is 0 Å². The number of para-hydroxylation sites is 1. The third-order valence-electron chi connectivity index (χ3n) is 1.04. The topological polar surface area (TPSA) is 26.3 Å². The predicted octanol–water partition coefficient (Wildman–Crippen LogP) is 2.54. The lowest BCUT2D eigenvalue weighted by atomic mass is 10.3. The molecule has 0 radical (unpaired) electrons. The van der Waals surface area contributed by atoms with Gasteiger partial charge in [0.05, 0.1) is 0 Å². The molecule has 66 valence electrons. The monoisotopic (exact) mass is 184 g/mol. The highest BCUT2D eigenvalue weighted by Crippen LogP contribution is 2.20. The van der Waals surface area contributed by atoms with Gasteiger partial charge in [0.15, 0.2) is 0 Å². The number of ether oxygens (including phenoxy) is 1. The molecule has 0 bridgehead atoms. The van der Waals surface area contributed by atoms with E-state index >= 15 is 0 Å². The van der Waals surface area contributed by atoms with Crippen molar-refractivity contribution in [2.75, 3.05) is 0 Å². The van der Waals surface area contributed by atoms with Crippen molar-refractivity contribution in [2.45, 2.75) is 18.7 Å². The largest absolute Gasteiger partial charge is 0.428 e. The van der Waals surface area contributed by atoms with Gasteiger partial charge in [-0.15, -0.1) is 12.6 Å². The van der Waals surface area contributed by atoms with Gasteiger partial charge >= 0.3 is 0 Å². The zero-order valence-electron chi connectivity index (χ0n) is 7.15. The number of carbonyl (C=O) groups is 1. The van der Waals surface area contributed by atoms with Gasteiger partial charge in [-0.25, -0.2) is 0 Å². The van der Waals surface area contributed by atoms with Crippen molar-refractivity contribution in [2.24, 2.45) is 0 Å². The van der Waals surface area contributed by atoms with Crippen LogP contribution >= 0.6 is 12.6 Å². The first-order valence-electron chi connectivity index (χ1n) is 3.73. The summed E-state index contributed by atoms with van der Waals surface area (Å²) in [5.74, 6) is 0.487. The summed E-state index contributed by atoms with van der Waals surface area (Å²) in [4.78, 5) is 10.5. The molecular weight excluding hydrogens is 172 g/mol. The van der Waals surface area contributed by atoms with E-state index in [1.54, 1.807) is 18.2 Å². The number of rotatable bonds is 2. The molecule has 0 unspecified atom stereocenters. The molecule has 0 aliphatic heterocycles. The third kappa shape index (κ3) is 3.44. The second-order valence-electron chi connectivity index (χ2n) is 1.68. The van der Waals surface area contributed by atoms with Crippen LogP contribution in [-0.4, -0.2) is 6.47 Å². The first-order chi connectivity index (χ1) is 5.84. The molecular formula is C9H12O2S. The molecule has 0 aliphatic rings. The van der Waals surface area contributed by atoms with Gasteiger partial charge in [0, 0.05) is 4.90 Å². The Morgan fingerprint density at radius 2 is 1.92 bits per heavy atom. The molecule has 1 aromatic rings. The number of hydrogen-bond acceptors (Lipinski definition) is 3. The zero-order valence-corrected chi connectivity index (χ0v) is 8.04. The highest BCUT2D eigenvalue weighted by Gasteiger charge is 1.94. The van der Waals surface area contributed by atoms with Gasteiger partial charge in [-0.2, -0.15) is 0 Å². The maximum absolute atomic E-state index is 9.87. The maximum atomic E-state index is 9.87. The van der Waals surface area contributed by atoms with Crippen molar-refractivity contribution in [1.29, 1.82) is 0 Å². The third-order valence-corrected chi connectivity index (χ3v) is 1.41. The molecule has 0 saturated carbocycles. The second-order valence-corrected chi connectivity index (χ2v) is 2.16. The van der Waals surface area contributed by atoms with Crippen LogP contribution < -0.4 is 4.74 Å². The van der Waals surface area contributed by atoms with Crippen LogP contribution in [0.2, 0.25) is 0 Å². The molecule has 0 heterocycles. The molecule has 2 nitrogen and oxygen atoms in total. The average molecular weight is 184 g/mol. The minimum atomic E-state index is 0.384. The molecule has 0 spiro atoms. The van der Waals surface area contributed by atoms with Gasteiger partial charge in [-0.05, 0) is 12.1 Å². The fourth-order valence-electron chi connectivity index (χ4n) is 0.609. The van der Waals surface area contributed by atoms with E-state index in [1.165, 1.54) is 0 Å². The Bertz CT molecular complexity index is 236. The average Bonchev–Trinajstić information content (AvgIpc) is 2.13. The quantitative estimate of drug-likeness (QED) is 0.564. The number of benzene rings is 1. The van der Waals surface area contributed by atoms with E-state index in [1.807, 2.05) is 19.9 Å². The summed E-state index contributed by atoms with van der Waals surface area (Å²) in [7, 11) is 0. The van der Waals surface area contributed by atoms with Crippen LogP contribution in [0.25, 0.3) is 0 Å². The van der Waals surface area contributed by atoms with Crippen LogP contribution in [-0.2, 0) is 4.79 Å². The van der Waals surface area contributed by atoms with Crippen molar-refractivity contribution < 1.29 is 9.53 Å². The molecule has 0 aromatic heterocycles. The number of thiol groups is 1. The van der Waals surface area contributed by atoms with E-state index in [0.717, 1.165) is 0 Å². The Labute approximate surface area is 78.0 Å². The molecule has 0 saturated heterocycles. The van der Waals surface area contributed by atoms with Crippen molar-refractivity contribution >= 4 is 19.1 Å². The van der Waals surface area contributed by atoms with Gasteiger partial charge in [0.25, 0.3) is 6.47 Å². The summed E-state index contributed by atoms with van der Waals surface area (Å²) in [5, 5.41) is 0. The van der Waals surface area contributed by atoms with Gasteiger partial charge in [0.1, 0.15) is 5.75 Å². The lowest BCUT2D eigenvalue weighted by Crippen LogP contribution is -1.88. The molecule has 3 heteroatoms. The van der Waals surface area contributed by atoms with Crippen LogP contribution in [0.4, 0.5) is 0 Å². The van der Waals surface area contributed by atoms with Gasteiger partial charge < -0.3 is 4.74 Å². The first kappa shape index (κ1) is 11.0. The molecule has 1 rings (SSSR count). The normalized spacial score (nSPS) is 7.92. The molecule has 0 amide bonds. The Balaban J connectivity index is 0.000000561. The minimum absolute atomic E-state index is 0.384.